The van der Waals surface area contributed by atoms with Crippen molar-refractivity contribution < 1.29 is 0 Å². The normalized spacial score (nSPS) is 10.2. The molecule has 0 atom stereocenters. The van der Waals surface area contributed by atoms with Crippen molar-refractivity contribution in [2.75, 3.05) is 5.73 Å². The second kappa shape index (κ2) is 4.15. The van der Waals surface area contributed by atoms with E-state index in [1.807, 2.05) is 36.4 Å². The first kappa shape index (κ1) is 9.74. The van der Waals surface area contributed by atoms with Gasteiger partial charge < -0.3 is 11.5 Å². The van der Waals surface area contributed by atoms with Crippen LogP contribution in [0.25, 0.3) is 11.1 Å². The molecule has 15 heavy (non-hydrogen) atoms. The van der Waals surface area contributed by atoms with Gasteiger partial charge in [0, 0.05) is 12.2 Å². The van der Waals surface area contributed by atoms with Gasteiger partial charge in [0.05, 0.1) is 0 Å². The average molecular weight is 198 g/mol. The maximum Gasteiger partial charge on any atom is 0.0359 e. The molecular formula is C13H14N2. The maximum atomic E-state index is 5.80. The lowest BCUT2D eigenvalue weighted by atomic mass is 10.0. The Morgan fingerprint density at radius 3 is 2.27 bits per heavy atom. The fourth-order valence-corrected chi connectivity index (χ4v) is 1.59. The van der Waals surface area contributed by atoms with Crippen LogP contribution in [0.4, 0.5) is 5.69 Å². The summed E-state index contributed by atoms with van der Waals surface area (Å²) in [4.78, 5) is 0. The summed E-state index contributed by atoms with van der Waals surface area (Å²) >= 11 is 0. The van der Waals surface area contributed by atoms with Gasteiger partial charge in [0.25, 0.3) is 0 Å². The van der Waals surface area contributed by atoms with Crippen molar-refractivity contribution in [2.45, 2.75) is 6.54 Å². The lowest BCUT2D eigenvalue weighted by Gasteiger charge is -2.06. The highest BCUT2D eigenvalue weighted by Gasteiger charge is 2.00. The first-order valence-electron chi connectivity index (χ1n) is 4.95. The number of nitrogen functional groups attached to an aromatic ring is 1. The Labute approximate surface area is 89.5 Å². The molecule has 0 spiro atoms. The van der Waals surface area contributed by atoms with E-state index in [4.69, 9.17) is 11.5 Å². The van der Waals surface area contributed by atoms with Gasteiger partial charge in [-0.3, -0.25) is 0 Å². The molecule has 0 aliphatic rings. The monoisotopic (exact) mass is 198 g/mol. The Morgan fingerprint density at radius 2 is 1.60 bits per heavy atom. The van der Waals surface area contributed by atoms with Crippen molar-refractivity contribution in [3.8, 4) is 11.1 Å². The molecule has 2 nitrogen and oxygen atoms in total. The molecule has 0 aliphatic heterocycles. The van der Waals surface area contributed by atoms with Crippen LogP contribution in [0.5, 0.6) is 0 Å². The van der Waals surface area contributed by atoms with Crippen molar-refractivity contribution in [2.24, 2.45) is 5.73 Å². The highest BCUT2D eigenvalue weighted by Crippen LogP contribution is 2.23. The predicted molar refractivity (Wildman–Crippen MR) is 64.2 cm³/mol. The molecule has 0 bridgehead atoms. The molecule has 0 saturated carbocycles. The first-order valence-corrected chi connectivity index (χ1v) is 4.95. The second-order valence-corrected chi connectivity index (χ2v) is 3.48. The van der Waals surface area contributed by atoms with E-state index in [0.717, 1.165) is 16.8 Å². The molecule has 0 fully saturated rings. The molecule has 2 aromatic carbocycles. The Kier molecular flexibility index (Phi) is 2.70. The van der Waals surface area contributed by atoms with Gasteiger partial charge in [0.2, 0.25) is 0 Å². The number of anilines is 1. The van der Waals surface area contributed by atoms with E-state index in [2.05, 4.69) is 12.1 Å². The summed E-state index contributed by atoms with van der Waals surface area (Å²) in [5.41, 5.74) is 15.5. The van der Waals surface area contributed by atoms with Gasteiger partial charge in [-0.05, 0) is 28.8 Å². The van der Waals surface area contributed by atoms with E-state index >= 15 is 0 Å². The molecule has 0 aromatic heterocycles. The molecule has 0 radical (unpaired) electrons. The van der Waals surface area contributed by atoms with Crippen molar-refractivity contribution in [3.63, 3.8) is 0 Å². The molecule has 2 aromatic rings. The van der Waals surface area contributed by atoms with Crippen molar-refractivity contribution in [1.82, 2.24) is 0 Å². The summed E-state index contributed by atoms with van der Waals surface area (Å²) in [7, 11) is 0. The lowest BCUT2D eigenvalue weighted by Crippen LogP contribution is -2.01. The van der Waals surface area contributed by atoms with Gasteiger partial charge in [-0.15, -0.1) is 0 Å². The maximum absolute atomic E-state index is 5.80. The van der Waals surface area contributed by atoms with Crippen LogP contribution in [-0.2, 0) is 6.54 Å². The zero-order valence-corrected chi connectivity index (χ0v) is 8.48. The fraction of sp³-hybridized carbons (Fsp3) is 0.0769. The number of benzene rings is 2. The predicted octanol–water partition coefficient (Wildman–Crippen LogP) is 2.39. The average Bonchev–Trinajstić information content (AvgIpc) is 2.31. The van der Waals surface area contributed by atoms with E-state index < -0.39 is 0 Å². The van der Waals surface area contributed by atoms with Crippen molar-refractivity contribution in [1.29, 1.82) is 0 Å². The highest BCUT2D eigenvalue weighted by atomic mass is 14.6. The highest BCUT2D eigenvalue weighted by molar-refractivity contribution is 5.67. The minimum atomic E-state index is 0.479. The lowest BCUT2D eigenvalue weighted by molar-refractivity contribution is 1.08. The molecule has 0 saturated heterocycles. The van der Waals surface area contributed by atoms with Crippen LogP contribution in [-0.4, -0.2) is 0 Å². The third-order valence-electron chi connectivity index (χ3n) is 2.47. The van der Waals surface area contributed by atoms with Crippen LogP contribution in [0, 0.1) is 0 Å². The molecule has 2 heteroatoms. The van der Waals surface area contributed by atoms with Crippen LogP contribution in [0.2, 0.25) is 0 Å². The summed E-state index contributed by atoms with van der Waals surface area (Å²) < 4.78 is 0. The molecule has 0 amide bonds. The SMILES string of the molecule is NCc1cc(-c2ccccc2)ccc1N. The minimum absolute atomic E-state index is 0.479. The molecule has 2 rings (SSSR count). The topological polar surface area (TPSA) is 52.0 Å². The molecule has 0 unspecified atom stereocenters. The van der Waals surface area contributed by atoms with Crippen LogP contribution >= 0.6 is 0 Å². The third kappa shape index (κ3) is 2.00. The Hall–Kier alpha value is -1.80. The Balaban J connectivity index is 2.46. The van der Waals surface area contributed by atoms with Gasteiger partial charge in [-0.1, -0.05) is 36.4 Å². The van der Waals surface area contributed by atoms with E-state index in [0.29, 0.717) is 6.54 Å². The van der Waals surface area contributed by atoms with Crippen LogP contribution < -0.4 is 11.5 Å². The minimum Gasteiger partial charge on any atom is -0.398 e. The fourth-order valence-electron chi connectivity index (χ4n) is 1.59. The van der Waals surface area contributed by atoms with E-state index in [9.17, 15) is 0 Å². The summed E-state index contributed by atoms with van der Waals surface area (Å²) in [6.07, 6.45) is 0. The van der Waals surface area contributed by atoms with E-state index in [-0.39, 0.29) is 0 Å². The number of hydrogen-bond acceptors (Lipinski definition) is 2. The second-order valence-electron chi connectivity index (χ2n) is 3.48. The molecule has 76 valence electrons. The largest absolute Gasteiger partial charge is 0.398 e. The van der Waals surface area contributed by atoms with Gasteiger partial charge >= 0.3 is 0 Å². The van der Waals surface area contributed by atoms with Crippen LogP contribution in [0.1, 0.15) is 5.56 Å². The number of rotatable bonds is 2. The number of hydrogen-bond donors (Lipinski definition) is 2. The van der Waals surface area contributed by atoms with E-state index in [1.165, 1.54) is 5.56 Å². The van der Waals surface area contributed by atoms with Crippen LogP contribution in [0.15, 0.2) is 48.5 Å². The molecule has 0 heterocycles. The van der Waals surface area contributed by atoms with Crippen molar-refractivity contribution >= 4 is 5.69 Å². The standard InChI is InChI=1S/C13H14N2/c14-9-12-8-11(6-7-13(12)15)10-4-2-1-3-5-10/h1-8H,9,14-15H2. The molecular weight excluding hydrogens is 184 g/mol. The smallest absolute Gasteiger partial charge is 0.0359 e. The zero-order chi connectivity index (χ0) is 10.7. The quantitative estimate of drug-likeness (QED) is 0.728. The first-order chi connectivity index (χ1) is 7.31. The summed E-state index contributed by atoms with van der Waals surface area (Å²) in [6, 6.07) is 16.2. The molecule has 4 N–H and O–H groups in total. The van der Waals surface area contributed by atoms with Gasteiger partial charge in [-0.25, -0.2) is 0 Å². The van der Waals surface area contributed by atoms with Crippen molar-refractivity contribution in [3.05, 3.63) is 54.1 Å². The summed E-state index contributed by atoms with van der Waals surface area (Å²) in [5.74, 6) is 0. The molecule has 0 aliphatic carbocycles. The van der Waals surface area contributed by atoms with Gasteiger partial charge in [-0.2, -0.15) is 0 Å². The van der Waals surface area contributed by atoms with Crippen LogP contribution in [0.3, 0.4) is 0 Å². The number of nitrogens with two attached hydrogens (primary N) is 2. The Bertz CT molecular complexity index is 449. The zero-order valence-electron chi connectivity index (χ0n) is 8.48. The summed E-state index contributed by atoms with van der Waals surface area (Å²) in [6.45, 7) is 0.479. The third-order valence-corrected chi connectivity index (χ3v) is 2.47. The van der Waals surface area contributed by atoms with Gasteiger partial charge in [0.15, 0.2) is 0 Å². The Morgan fingerprint density at radius 1 is 0.867 bits per heavy atom. The summed E-state index contributed by atoms with van der Waals surface area (Å²) in [5, 5.41) is 0. The van der Waals surface area contributed by atoms with Gasteiger partial charge in [0.1, 0.15) is 0 Å². The van der Waals surface area contributed by atoms with E-state index in [1.54, 1.807) is 0 Å².